The number of pyridine rings is 1. The quantitative estimate of drug-likeness (QED) is 0.365. The van der Waals surface area contributed by atoms with Crippen molar-refractivity contribution < 1.29 is 22.3 Å². The molecule has 12 heteroatoms. The highest BCUT2D eigenvalue weighted by Gasteiger charge is 2.26. The Morgan fingerprint density at radius 2 is 1.79 bits per heavy atom. The van der Waals surface area contributed by atoms with E-state index in [4.69, 9.17) is 25.5 Å². The minimum Gasteiger partial charge on any atom is -0.494 e. The number of aromatic nitrogens is 4. The molecule has 0 fully saturated rings. The molecule has 0 saturated carbocycles. The number of furan rings is 1. The van der Waals surface area contributed by atoms with Gasteiger partial charge in [-0.25, -0.2) is 8.42 Å². The van der Waals surface area contributed by atoms with Gasteiger partial charge >= 0.3 is 0 Å². The van der Waals surface area contributed by atoms with Crippen LogP contribution in [0.2, 0.25) is 5.02 Å². The number of nitrogens with one attached hydrogen (secondary N) is 1. The molecule has 0 unspecified atom stereocenters. The average molecular weight is 504 g/mol. The molecule has 0 spiro atoms. The van der Waals surface area contributed by atoms with Crippen LogP contribution in [0.4, 0.5) is 5.95 Å². The van der Waals surface area contributed by atoms with Crippen molar-refractivity contribution in [3.8, 4) is 28.8 Å². The summed E-state index contributed by atoms with van der Waals surface area (Å²) >= 11 is 5.85. The number of halogens is 1. The number of nitrogens with zero attached hydrogens (tertiary/aromatic N) is 4. The number of methoxy groups -OCH3 is 2. The van der Waals surface area contributed by atoms with E-state index in [1.807, 2.05) is 0 Å². The van der Waals surface area contributed by atoms with Gasteiger partial charge in [0.1, 0.15) is 22.9 Å². The Morgan fingerprint density at radius 3 is 2.38 bits per heavy atom. The molecule has 1 aromatic carbocycles. The normalized spacial score (nSPS) is 11.4. The zero-order valence-electron chi connectivity index (χ0n) is 18.6. The van der Waals surface area contributed by atoms with Crippen molar-refractivity contribution in [3.63, 3.8) is 0 Å². The highest BCUT2D eigenvalue weighted by atomic mass is 35.5. The number of anilines is 1. The van der Waals surface area contributed by atoms with Crippen molar-refractivity contribution >= 4 is 27.6 Å². The summed E-state index contributed by atoms with van der Waals surface area (Å²) in [6.45, 7) is 1.79. The molecular weight excluding hydrogens is 482 g/mol. The summed E-state index contributed by atoms with van der Waals surface area (Å²) in [7, 11) is -0.830. The van der Waals surface area contributed by atoms with Crippen molar-refractivity contribution in [2.24, 2.45) is 0 Å². The topological polar surface area (TPSA) is 121 Å². The van der Waals surface area contributed by atoms with Gasteiger partial charge in [-0.05, 0) is 43.3 Å². The predicted octanol–water partition coefficient (Wildman–Crippen LogP) is 3.89. The number of hydrogen-bond acceptors (Lipinski definition) is 8. The van der Waals surface area contributed by atoms with Crippen LogP contribution < -0.4 is 14.2 Å². The molecule has 4 aromatic rings. The van der Waals surface area contributed by atoms with E-state index < -0.39 is 10.0 Å². The van der Waals surface area contributed by atoms with E-state index in [0.29, 0.717) is 39.4 Å². The van der Waals surface area contributed by atoms with Gasteiger partial charge in [-0.3, -0.25) is 14.3 Å². The lowest BCUT2D eigenvalue weighted by Gasteiger charge is -2.17. The Kier molecular flexibility index (Phi) is 6.75. The molecule has 0 atom stereocenters. The zero-order valence-corrected chi connectivity index (χ0v) is 20.2. The molecule has 0 aliphatic rings. The minimum atomic E-state index is -3.83. The van der Waals surface area contributed by atoms with E-state index in [2.05, 4.69) is 19.9 Å². The van der Waals surface area contributed by atoms with Crippen LogP contribution in [0.1, 0.15) is 11.5 Å². The Hall–Kier alpha value is -3.57. The van der Waals surface area contributed by atoms with Gasteiger partial charge < -0.3 is 13.9 Å². The monoisotopic (exact) mass is 503 g/mol. The summed E-state index contributed by atoms with van der Waals surface area (Å²) in [5.41, 5.74) is 1.01. The molecule has 0 bridgehead atoms. The van der Waals surface area contributed by atoms with Gasteiger partial charge in [0.2, 0.25) is 21.8 Å². The fraction of sp³-hybridized carbons (Fsp3) is 0.227. The van der Waals surface area contributed by atoms with E-state index in [1.165, 1.54) is 25.0 Å². The van der Waals surface area contributed by atoms with Crippen LogP contribution in [0, 0.1) is 6.92 Å². The maximum atomic E-state index is 13.0. The summed E-state index contributed by atoms with van der Waals surface area (Å²) in [6, 6.07) is 12.0. The molecule has 0 aliphatic heterocycles. The molecule has 10 nitrogen and oxygen atoms in total. The van der Waals surface area contributed by atoms with Gasteiger partial charge in [0.05, 0.1) is 25.0 Å². The zero-order chi connectivity index (χ0) is 24.3. The number of aryl methyl sites for hydroxylation is 2. The van der Waals surface area contributed by atoms with Crippen LogP contribution in [0.15, 0.2) is 53.1 Å². The molecule has 178 valence electrons. The Morgan fingerprint density at radius 1 is 1.06 bits per heavy atom. The first-order chi connectivity index (χ1) is 16.3. The van der Waals surface area contributed by atoms with Gasteiger partial charge in [-0.15, -0.1) is 10.2 Å². The molecule has 0 aliphatic carbocycles. The molecule has 3 aromatic heterocycles. The third-order valence-corrected chi connectivity index (χ3v) is 6.37. The van der Waals surface area contributed by atoms with Crippen molar-refractivity contribution in [3.05, 3.63) is 65.1 Å². The van der Waals surface area contributed by atoms with Gasteiger partial charge in [-0.2, -0.15) is 0 Å². The van der Waals surface area contributed by atoms with Crippen molar-refractivity contribution in [2.45, 2.75) is 13.3 Å². The van der Waals surface area contributed by atoms with Crippen molar-refractivity contribution in [1.82, 2.24) is 19.7 Å². The van der Waals surface area contributed by atoms with Gasteiger partial charge in [-0.1, -0.05) is 17.7 Å². The summed E-state index contributed by atoms with van der Waals surface area (Å²) < 4.78 is 46.7. The second-order valence-electron chi connectivity index (χ2n) is 7.24. The molecule has 34 heavy (non-hydrogen) atoms. The maximum Gasteiger partial charge on any atom is 0.243 e. The van der Waals surface area contributed by atoms with Crippen LogP contribution in [-0.4, -0.2) is 48.1 Å². The smallest absolute Gasteiger partial charge is 0.243 e. The highest BCUT2D eigenvalue weighted by Crippen LogP contribution is 2.38. The van der Waals surface area contributed by atoms with E-state index in [9.17, 15) is 8.42 Å². The lowest BCUT2D eigenvalue weighted by molar-refractivity contribution is 0.391. The molecular formula is C22H22ClN5O5S. The van der Waals surface area contributed by atoms with E-state index >= 15 is 0 Å². The number of sulfonamides is 1. The van der Waals surface area contributed by atoms with E-state index in [-0.39, 0.29) is 23.9 Å². The average Bonchev–Trinajstić information content (AvgIpc) is 3.43. The maximum absolute atomic E-state index is 13.0. The highest BCUT2D eigenvalue weighted by molar-refractivity contribution is 7.92. The molecule has 1 N–H and O–H groups in total. The fourth-order valence-electron chi connectivity index (χ4n) is 3.31. The van der Waals surface area contributed by atoms with Gasteiger partial charge in [0, 0.05) is 18.3 Å². The lowest BCUT2D eigenvalue weighted by atomic mass is 10.2. The Balaban J connectivity index is 1.75. The second kappa shape index (κ2) is 9.74. The first-order valence-corrected chi connectivity index (χ1v) is 12.2. The summed E-state index contributed by atoms with van der Waals surface area (Å²) in [5.74, 6) is 1.91. The van der Waals surface area contributed by atoms with Crippen LogP contribution >= 0.6 is 11.6 Å². The molecule has 0 amide bonds. The van der Waals surface area contributed by atoms with E-state index in [0.717, 1.165) is 0 Å². The van der Waals surface area contributed by atoms with Gasteiger partial charge in [0.25, 0.3) is 0 Å². The number of benzene rings is 1. The fourth-order valence-corrected chi connectivity index (χ4v) is 4.41. The predicted molar refractivity (Wildman–Crippen MR) is 127 cm³/mol. The summed E-state index contributed by atoms with van der Waals surface area (Å²) in [5, 5.41) is 8.77. The number of hydrogen-bond donors (Lipinski definition) is 1. The van der Waals surface area contributed by atoms with Gasteiger partial charge in [0.15, 0.2) is 5.76 Å². The molecule has 0 saturated heterocycles. The minimum absolute atomic E-state index is 0.0454. The second-order valence-corrected chi connectivity index (χ2v) is 9.52. The number of para-hydroxylation sites is 1. The van der Waals surface area contributed by atoms with Crippen LogP contribution in [0.25, 0.3) is 17.3 Å². The SMILES string of the molecule is COc1cccc(OC)c1-n1c(NS(=O)(=O)CCc2ccc(Cl)cn2)nnc1-c1ccc(C)o1. The van der Waals surface area contributed by atoms with Crippen LogP contribution in [-0.2, 0) is 16.4 Å². The molecule has 4 rings (SSSR count). The first kappa shape index (κ1) is 23.6. The van der Waals surface area contributed by atoms with E-state index in [1.54, 1.807) is 49.4 Å². The summed E-state index contributed by atoms with van der Waals surface area (Å²) in [6.07, 6.45) is 1.65. The Bertz CT molecular complexity index is 1380. The number of ether oxygens (including phenoxy) is 2. The first-order valence-electron chi connectivity index (χ1n) is 10.2. The third-order valence-electron chi connectivity index (χ3n) is 4.91. The molecule has 0 radical (unpaired) electrons. The van der Waals surface area contributed by atoms with Crippen LogP contribution in [0.3, 0.4) is 0 Å². The third kappa shape index (κ3) is 5.00. The Labute approximate surface area is 201 Å². The van der Waals surface area contributed by atoms with Crippen molar-refractivity contribution in [1.29, 1.82) is 0 Å². The lowest BCUT2D eigenvalue weighted by Crippen LogP contribution is -2.21. The van der Waals surface area contributed by atoms with Crippen LogP contribution in [0.5, 0.6) is 11.5 Å². The number of rotatable bonds is 9. The largest absolute Gasteiger partial charge is 0.494 e. The standard InChI is InChI=1S/C22H22ClN5O5S/c1-14-7-10-19(33-14)21-25-26-22(28(21)20-17(31-2)5-4-6-18(20)32-3)27-34(29,30)12-11-16-9-8-15(23)13-24-16/h4-10,13H,11-12H2,1-3H3,(H,26,27). The van der Waals surface area contributed by atoms with Crippen molar-refractivity contribution in [2.75, 3.05) is 24.7 Å². The summed E-state index contributed by atoms with van der Waals surface area (Å²) in [4.78, 5) is 4.14. The molecule has 3 heterocycles.